The van der Waals surface area contributed by atoms with E-state index in [4.69, 9.17) is 10.1 Å². The van der Waals surface area contributed by atoms with Gasteiger partial charge in [-0.1, -0.05) is 0 Å². The number of alkyl halides is 3. The lowest BCUT2D eigenvalue weighted by molar-refractivity contribution is -0.114. The summed E-state index contributed by atoms with van der Waals surface area (Å²) < 4.78 is 46.0. The Morgan fingerprint density at radius 3 is 2.63 bits per heavy atom. The lowest BCUT2D eigenvalue weighted by Gasteiger charge is -2.20. The van der Waals surface area contributed by atoms with Gasteiger partial charge < -0.3 is 9.30 Å². The number of fused-ring (bicyclic) bond motifs is 1. The molecular weight excluding hydrogens is 419 g/mol. The molecule has 0 unspecified atom stereocenters. The van der Waals surface area contributed by atoms with Crippen molar-refractivity contribution in [1.82, 2.24) is 9.58 Å². The molecular formula is C19H14F3N5O2S. The van der Waals surface area contributed by atoms with Crippen molar-refractivity contribution in [2.45, 2.75) is 13.1 Å². The largest absolute Gasteiger partial charge is 0.494 e. The average Bonchev–Trinajstić information content (AvgIpc) is 3.33. The fourth-order valence-corrected chi connectivity index (χ4v) is 3.63. The summed E-state index contributed by atoms with van der Waals surface area (Å²) in [7, 11) is 0. The van der Waals surface area contributed by atoms with Gasteiger partial charge in [-0.2, -0.15) is 28.3 Å². The number of aliphatic imine (C=N–C) groups is 1. The Morgan fingerprint density at radius 1 is 1.23 bits per heavy atom. The van der Waals surface area contributed by atoms with Gasteiger partial charge in [0.1, 0.15) is 5.75 Å². The minimum Gasteiger partial charge on any atom is -0.494 e. The van der Waals surface area contributed by atoms with E-state index in [-0.39, 0.29) is 22.5 Å². The Balaban J connectivity index is 1.67. The highest BCUT2D eigenvalue weighted by Gasteiger charge is 2.46. The fraction of sp³-hybridized carbons (Fsp3) is 0.158. The third kappa shape index (κ3) is 3.63. The maximum Gasteiger partial charge on any atom is 0.441 e. The van der Waals surface area contributed by atoms with E-state index in [9.17, 15) is 18.0 Å². The Labute approximate surface area is 173 Å². The number of carbonyl (C=O) groups is 1. The molecule has 30 heavy (non-hydrogen) atoms. The molecule has 0 aliphatic carbocycles. The number of thioether (sulfide) groups is 1. The summed E-state index contributed by atoms with van der Waals surface area (Å²) in [4.78, 5) is 16.1. The number of ether oxygens (including phenoxy) is 1. The highest BCUT2D eigenvalue weighted by Crippen LogP contribution is 2.35. The first-order chi connectivity index (χ1) is 14.3. The minimum atomic E-state index is -4.68. The average molecular weight is 433 g/mol. The normalized spacial score (nSPS) is 17.9. The lowest BCUT2D eigenvalue weighted by Crippen LogP contribution is -2.35. The number of rotatable bonds is 4. The topological polar surface area (TPSA) is 83.0 Å². The van der Waals surface area contributed by atoms with Crippen molar-refractivity contribution in [2.24, 2.45) is 10.1 Å². The molecule has 1 N–H and O–H groups in total. The van der Waals surface area contributed by atoms with E-state index in [0.717, 1.165) is 10.7 Å². The van der Waals surface area contributed by atoms with E-state index < -0.39 is 23.0 Å². The lowest BCUT2D eigenvalue weighted by atomic mass is 10.1. The molecule has 11 heteroatoms. The van der Waals surface area contributed by atoms with E-state index >= 15 is 0 Å². The van der Waals surface area contributed by atoms with Gasteiger partial charge in [0.05, 0.1) is 12.2 Å². The smallest absolute Gasteiger partial charge is 0.441 e. The summed E-state index contributed by atoms with van der Waals surface area (Å²) in [5.41, 5.74) is 1.18. The molecule has 154 valence electrons. The zero-order valence-electron chi connectivity index (χ0n) is 15.5. The van der Waals surface area contributed by atoms with Crippen LogP contribution < -0.4 is 4.74 Å². The summed E-state index contributed by atoms with van der Waals surface area (Å²) in [5, 5.41) is 10.9. The summed E-state index contributed by atoms with van der Waals surface area (Å²) in [6.07, 6.45) is -1.51. The van der Waals surface area contributed by atoms with Crippen molar-refractivity contribution in [1.29, 1.82) is 5.41 Å². The first-order valence-corrected chi connectivity index (χ1v) is 9.57. The number of nitrogens with zero attached hydrogens (tertiary/aromatic N) is 4. The van der Waals surface area contributed by atoms with Crippen LogP contribution in [0.15, 0.2) is 58.3 Å². The second-order valence-electron chi connectivity index (χ2n) is 6.15. The molecule has 2 aliphatic heterocycles. The van der Waals surface area contributed by atoms with Crippen LogP contribution in [-0.2, 0) is 4.79 Å². The predicted octanol–water partition coefficient (Wildman–Crippen LogP) is 4.06. The molecule has 0 fully saturated rings. The van der Waals surface area contributed by atoms with E-state index in [0.29, 0.717) is 18.1 Å². The molecule has 3 heterocycles. The van der Waals surface area contributed by atoms with Crippen LogP contribution >= 0.6 is 11.8 Å². The van der Waals surface area contributed by atoms with Crippen LogP contribution in [-0.4, -0.2) is 44.3 Å². The van der Waals surface area contributed by atoms with Gasteiger partial charge in [0.15, 0.2) is 5.84 Å². The first kappa shape index (κ1) is 20.0. The van der Waals surface area contributed by atoms with Gasteiger partial charge in [0, 0.05) is 17.6 Å². The summed E-state index contributed by atoms with van der Waals surface area (Å²) in [6, 6.07) is 10.7. The second-order valence-corrected chi connectivity index (χ2v) is 7.11. The number of hydrogen-bond donors (Lipinski definition) is 1. The Morgan fingerprint density at radius 2 is 1.97 bits per heavy atom. The van der Waals surface area contributed by atoms with Gasteiger partial charge in [-0.25, -0.2) is 0 Å². The molecule has 2 aliphatic rings. The van der Waals surface area contributed by atoms with Crippen molar-refractivity contribution in [2.75, 3.05) is 6.61 Å². The zero-order valence-corrected chi connectivity index (χ0v) is 16.3. The highest BCUT2D eigenvalue weighted by atomic mass is 32.2. The van der Waals surface area contributed by atoms with E-state index in [1.807, 2.05) is 19.1 Å². The van der Waals surface area contributed by atoms with Crippen molar-refractivity contribution >= 4 is 39.8 Å². The van der Waals surface area contributed by atoms with Crippen molar-refractivity contribution in [3.05, 3.63) is 53.9 Å². The fourth-order valence-electron chi connectivity index (χ4n) is 2.87. The molecule has 2 aromatic rings. The van der Waals surface area contributed by atoms with Crippen LogP contribution in [0.4, 0.5) is 13.2 Å². The van der Waals surface area contributed by atoms with Gasteiger partial charge in [0.25, 0.3) is 5.91 Å². The molecule has 0 saturated heterocycles. The van der Waals surface area contributed by atoms with Crippen molar-refractivity contribution in [3.63, 3.8) is 0 Å². The van der Waals surface area contributed by atoms with Crippen LogP contribution in [0.25, 0.3) is 11.8 Å². The van der Waals surface area contributed by atoms with Crippen LogP contribution in [0.3, 0.4) is 0 Å². The molecule has 7 nitrogen and oxygen atoms in total. The monoisotopic (exact) mass is 433 g/mol. The summed E-state index contributed by atoms with van der Waals surface area (Å²) >= 11 is 0.219. The number of amides is 1. The van der Waals surface area contributed by atoms with Gasteiger partial charge in [-0.05, 0) is 61.2 Å². The molecule has 0 radical (unpaired) electrons. The number of halogens is 3. The number of hydrogen-bond acceptors (Lipinski definition) is 5. The standard InChI is InChI=1S/C19H14F3N5O2S/c1-2-29-13-7-5-11(6-8-13)26-9-3-4-12(26)10-14-15(23)27-18(24-16(14)28)30-17(25-27)19(20,21)22/h3-10,23H,2H2,1H3/b14-10-,23-15?. The Bertz CT molecular complexity index is 1120. The summed E-state index contributed by atoms with van der Waals surface area (Å²) in [5.74, 6) is -0.544. The molecule has 1 amide bonds. The molecule has 1 aromatic carbocycles. The maximum atomic E-state index is 12.9. The molecule has 0 atom stereocenters. The van der Waals surface area contributed by atoms with Gasteiger partial charge in [-0.3, -0.25) is 10.2 Å². The minimum absolute atomic E-state index is 0.155. The quantitative estimate of drug-likeness (QED) is 0.738. The summed E-state index contributed by atoms with van der Waals surface area (Å²) in [6.45, 7) is 2.43. The number of benzene rings is 1. The Hall–Kier alpha value is -3.34. The molecule has 0 spiro atoms. The van der Waals surface area contributed by atoms with Gasteiger partial charge >= 0.3 is 6.18 Å². The van der Waals surface area contributed by atoms with Gasteiger partial charge in [0.2, 0.25) is 10.2 Å². The van der Waals surface area contributed by atoms with E-state index in [2.05, 4.69) is 10.1 Å². The third-order valence-electron chi connectivity index (χ3n) is 4.20. The zero-order chi connectivity index (χ0) is 21.5. The van der Waals surface area contributed by atoms with Crippen LogP contribution in [0.1, 0.15) is 12.6 Å². The van der Waals surface area contributed by atoms with Crippen molar-refractivity contribution < 1.29 is 22.7 Å². The van der Waals surface area contributed by atoms with E-state index in [1.54, 1.807) is 35.0 Å². The molecule has 1 aromatic heterocycles. The number of nitrogens with one attached hydrogen (secondary N) is 1. The van der Waals surface area contributed by atoms with Crippen molar-refractivity contribution in [3.8, 4) is 11.4 Å². The predicted molar refractivity (Wildman–Crippen MR) is 108 cm³/mol. The first-order valence-electron chi connectivity index (χ1n) is 8.76. The number of aromatic nitrogens is 1. The molecule has 0 saturated carbocycles. The second kappa shape index (κ2) is 7.48. The van der Waals surface area contributed by atoms with Crippen LogP contribution in [0, 0.1) is 5.41 Å². The van der Waals surface area contributed by atoms with Gasteiger partial charge in [-0.15, -0.1) is 0 Å². The number of amidine groups is 2. The van der Waals surface area contributed by atoms with Crippen LogP contribution in [0.5, 0.6) is 5.75 Å². The molecule has 4 rings (SSSR count). The van der Waals surface area contributed by atoms with Crippen LogP contribution in [0.2, 0.25) is 0 Å². The maximum absolute atomic E-state index is 12.9. The third-order valence-corrected chi connectivity index (χ3v) is 5.15. The van der Waals surface area contributed by atoms with E-state index in [1.165, 1.54) is 6.08 Å². The highest BCUT2D eigenvalue weighted by molar-refractivity contribution is 8.27. The Kier molecular flexibility index (Phi) is 4.98. The number of hydrazone groups is 1. The SMILES string of the molecule is CCOc1ccc(-n2cccc2/C=C2/C(=N)N3N=C(C(F)(F)F)SC3=NC2=O)cc1. The molecule has 0 bridgehead atoms. The number of carbonyl (C=O) groups excluding carboxylic acids is 1.